The van der Waals surface area contributed by atoms with Crippen LogP contribution in [0.2, 0.25) is 0 Å². The molecule has 0 amide bonds. The molecule has 2 aromatic carbocycles. The molecular weight excluding hydrogens is 288 g/mol. The second-order valence-corrected chi connectivity index (χ2v) is 6.12. The number of likely N-dealkylation sites (N-methyl/N-ethyl adjacent to an activating group) is 1. The third-order valence-electron chi connectivity index (χ3n) is 3.61. The normalized spacial score (nSPS) is 10.8. The number of nitrogens with zero attached hydrogens (tertiary/aromatic N) is 1. The number of aromatic nitrogens is 1. The molecule has 0 aliphatic heterocycles. The highest BCUT2D eigenvalue weighted by atomic mass is 32.1. The minimum absolute atomic E-state index is 0.996. The molecule has 0 fully saturated rings. The second kappa shape index (κ2) is 7.34. The minimum atomic E-state index is 0.996. The number of hydrogen-bond acceptors (Lipinski definition) is 3. The van der Waals surface area contributed by atoms with Crippen molar-refractivity contribution in [3.63, 3.8) is 0 Å². The predicted octanol–water partition coefficient (Wildman–Crippen LogP) is 4.63. The van der Waals surface area contributed by atoms with Gasteiger partial charge in [-0.1, -0.05) is 61.5 Å². The standard InChI is InChI=1S/C19H20N2S/c1-2-20-13-12-19-21-18(14-22-19)17-10-8-16(9-11-17)15-6-4-3-5-7-15/h3-11,14,20H,2,12-13H2,1H3. The van der Waals surface area contributed by atoms with Gasteiger partial charge in [0.25, 0.3) is 0 Å². The minimum Gasteiger partial charge on any atom is -0.317 e. The Kier molecular flexibility index (Phi) is 4.99. The molecule has 0 saturated heterocycles. The third kappa shape index (κ3) is 3.62. The molecule has 1 heterocycles. The molecule has 0 atom stereocenters. The maximum Gasteiger partial charge on any atom is 0.0945 e. The lowest BCUT2D eigenvalue weighted by atomic mass is 10.0. The molecule has 3 aromatic rings. The lowest BCUT2D eigenvalue weighted by Crippen LogP contribution is -2.15. The molecule has 3 rings (SSSR count). The van der Waals surface area contributed by atoms with E-state index in [0.717, 1.165) is 25.2 Å². The largest absolute Gasteiger partial charge is 0.317 e. The Bertz CT molecular complexity index is 702. The fourth-order valence-electron chi connectivity index (χ4n) is 2.39. The molecule has 3 heteroatoms. The summed E-state index contributed by atoms with van der Waals surface area (Å²) in [6.45, 7) is 4.14. The van der Waals surface area contributed by atoms with Gasteiger partial charge in [0.2, 0.25) is 0 Å². The van der Waals surface area contributed by atoms with Crippen LogP contribution in [0, 0.1) is 0 Å². The zero-order valence-corrected chi connectivity index (χ0v) is 13.6. The van der Waals surface area contributed by atoms with Gasteiger partial charge in [0, 0.05) is 23.9 Å². The van der Waals surface area contributed by atoms with Crippen LogP contribution in [0.15, 0.2) is 60.0 Å². The van der Waals surface area contributed by atoms with Crippen molar-refractivity contribution in [2.75, 3.05) is 13.1 Å². The Morgan fingerprint density at radius 1 is 0.909 bits per heavy atom. The average molecular weight is 308 g/mol. The van der Waals surface area contributed by atoms with Crippen LogP contribution >= 0.6 is 11.3 Å². The van der Waals surface area contributed by atoms with Crippen LogP contribution in [0.25, 0.3) is 22.4 Å². The lowest BCUT2D eigenvalue weighted by molar-refractivity contribution is 0.714. The first-order valence-corrected chi connectivity index (χ1v) is 8.56. The summed E-state index contributed by atoms with van der Waals surface area (Å²) in [5, 5.41) is 6.69. The number of thiazole rings is 1. The molecule has 0 aliphatic carbocycles. The zero-order valence-electron chi connectivity index (χ0n) is 12.8. The van der Waals surface area contributed by atoms with Gasteiger partial charge in [-0.25, -0.2) is 4.98 Å². The summed E-state index contributed by atoms with van der Waals surface area (Å²) in [6, 6.07) is 19.1. The Morgan fingerprint density at radius 2 is 1.59 bits per heavy atom. The summed E-state index contributed by atoms with van der Waals surface area (Å²) in [5.74, 6) is 0. The van der Waals surface area contributed by atoms with Crippen LogP contribution < -0.4 is 5.32 Å². The molecule has 22 heavy (non-hydrogen) atoms. The fraction of sp³-hybridized carbons (Fsp3) is 0.211. The number of rotatable bonds is 6. The summed E-state index contributed by atoms with van der Waals surface area (Å²) < 4.78 is 0. The van der Waals surface area contributed by atoms with Crippen LogP contribution in [0.4, 0.5) is 0 Å². The van der Waals surface area contributed by atoms with E-state index >= 15 is 0 Å². The molecule has 112 valence electrons. The van der Waals surface area contributed by atoms with Gasteiger partial charge in [0.1, 0.15) is 0 Å². The van der Waals surface area contributed by atoms with E-state index in [-0.39, 0.29) is 0 Å². The summed E-state index contributed by atoms with van der Waals surface area (Å²) in [4.78, 5) is 4.73. The first kappa shape index (κ1) is 14.9. The Labute approximate surface area is 135 Å². The van der Waals surface area contributed by atoms with Crippen molar-refractivity contribution < 1.29 is 0 Å². The molecule has 2 nitrogen and oxygen atoms in total. The first-order valence-electron chi connectivity index (χ1n) is 7.68. The number of benzene rings is 2. The van der Waals surface area contributed by atoms with Gasteiger partial charge in [-0.15, -0.1) is 11.3 Å². The van der Waals surface area contributed by atoms with Crippen LogP contribution in [-0.4, -0.2) is 18.1 Å². The van der Waals surface area contributed by atoms with Crippen molar-refractivity contribution in [3.8, 4) is 22.4 Å². The van der Waals surface area contributed by atoms with E-state index < -0.39 is 0 Å². The molecule has 0 unspecified atom stereocenters. The first-order chi connectivity index (χ1) is 10.9. The summed E-state index contributed by atoms with van der Waals surface area (Å²) in [6.07, 6.45) is 1.00. The van der Waals surface area contributed by atoms with Crippen molar-refractivity contribution in [2.45, 2.75) is 13.3 Å². The average Bonchev–Trinajstić information content (AvgIpc) is 3.05. The number of nitrogens with one attached hydrogen (secondary N) is 1. The van der Waals surface area contributed by atoms with Gasteiger partial charge in [-0.3, -0.25) is 0 Å². The predicted molar refractivity (Wildman–Crippen MR) is 95.2 cm³/mol. The van der Waals surface area contributed by atoms with E-state index in [1.807, 2.05) is 6.07 Å². The van der Waals surface area contributed by atoms with E-state index in [4.69, 9.17) is 4.98 Å². The van der Waals surface area contributed by atoms with Gasteiger partial charge in [-0.2, -0.15) is 0 Å². The van der Waals surface area contributed by atoms with Gasteiger partial charge in [0.05, 0.1) is 10.7 Å². The molecule has 0 aliphatic rings. The van der Waals surface area contributed by atoms with Crippen molar-refractivity contribution in [2.24, 2.45) is 0 Å². The highest BCUT2D eigenvalue weighted by Crippen LogP contribution is 2.26. The van der Waals surface area contributed by atoms with E-state index in [1.165, 1.54) is 21.7 Å². The Hall–Kier alpha value is -1.97. The highest BCUT2D eigenvalue weighted by Gasteiger charge is 2.05. The Morgan fingerprint density at radius 3 is 2.32 bits per heavy atom. The van der Waals surface area contributed by atoms with Crippen molar-refractivity contribution in [3.05, 3.63) is 65.0 Å². The van der Waals surface area contributed by atoms with Crippen LogP contribution in [0.3, 0.4) is 0 Å². The third-order valence-corrected chi connectivity index (χ3v) is 4.51. The molecule has 0 saturated carbocycles. The summed E-state index contributed by atoms with van der Waals surface area (Å²) >= 11 is 1.74. The van der Waals surface area contributed by atoms with Crippen molar-refractivity contribution >= 4 is 11.3 Å². The topological polar surface area (TPSA) is 24.9 Å². The molecule has 0 radical (unpaired) electrons. The number of hydrogen-bond donors (Lipinski definition) is 1. The molecular formula is C19H20N2S. The maximum absolute atomic E-state index is 4.73. The molecule has 1 aromatic heterocycles. The molecule has 1 N–H and O–H groups in total. The molecule has 0 bridgehead atoms. The van der Waals surface area contributed by atoms with E-state index in [9.17, 15) is 0 Å². The zero-order chi connectivity index (χ0) is 15.2. The molecule has 0 spiro atoms. The Balaban J connectivity index is 1.73. The van der Waals surface area contributed by atoms with E-state index in [1.54, 1.807) is 11.3 Å². The van der Waals surface area contributed by atoms with Gasteiger partial charge >= 0.3 is 0 Å². The second-order valence-electron chi connectivity index (χ2n) is 5.17. The summed E-state index contributed by atoms with van der Waals surface area (Å²) in [5.41, 5.74) is 4.76. The van der Waals surface area contributed by atoms with Gasteiger partial charge in [0.15, 0.2) is 0 Å². The van der Waals surface area contributed by atoms with Crippen molar-refractivity contribution in [1.82, 2.24) is 10.3 Å². The van der Waals surface area contributed by atoms with Crippen molar-refractivity contribution in [1.29, 1.82) is 0 Å². The van der Waals surface area contributed by atoms with Crippen LogP contribution in [0.1, 0.15) is 11.9 Å². The van der Waals surface area contributed by atoms with Crippen LogP contribution in [0.5, 0.6) is 0 Å². The fourth-order valence-corrected chi connectivity index (χ4v) is 3.20. The van der Waals surface area contributed by atoms with Gasteiger partial charge in [-0.05, 0) is 17.7 Å². The summed E-state index contributed by atoms with van der Waals surface area (Å²) in [7, 11) is 0. The maximum atomic E-state index is 4.73. The highest BCUT2D eigenvalue weighted by molar-refractivity contribution is 7.09. The van der Waals surface area contributed by atoms with E-state index in [0.29, 0.717) is 0 Å². The smallest absolute Gasteiger partial charge is 0.0945 e. The lowest BCUT2D eigenvalue weighted by Gasteiger charge is -2.03. The van der Waals surface area contributed by atoms with Crippen LogP contribution in [-0.2, 0) is 6.42 Å². The van der Waals surface area contributed by atoms with E-state index in [2.05, 4.69) is 66.2 Å². The quantitative estimate of drug-likeness (QED) is 0.672. The SMILES string of the molecule is CCNCCc1nc(-c2ccc(-c3ccccc3)cc2)cs1. The van der Waals surface area contributed by atoms with Gasteiger partial charge < -0.3 is 5.32 Å². The monoisotopic (exact) mass is 308 g/mol.